The predicted molar refractivity (Wildman–Crippen MR) is 399 cm³/mol. The molecule has 568 valence electrons. The zero-order valence-corrected chi connectivity index (χ0v) is 63.7. The van der Waals surface area contributed by atoms with E-state index in [1.54, 1.807) is 0 Å². The first kappa shape index (κ1) is 94.2. The van der Waals surface area contributed by atoms with Gasteiger partial charge in [-0.2, -0.15) is 0 Å². The number of esters is 4. The van der Waals surface area contributed by atoms with Crippen LogP contribution in [0.25, 0.3) is 0 Å². The largest absolute Gasteiger partial charge is 0.472 e. The molecule has 0 amide bonds. The van der Waals surface area contributed by atoms with E-state index in [-0.39, 0.29) is 25.7 Å². The Morgan fingerprint density at radius 2 is 0.531 bits per heavy atom. The average molecular weight is 1420 g/mol. The number of carbonyl (C=O) groups excluding carboxylic acids is 4. The van der Waals surface area contributed by atoms with E-state index in [0.29, 0.717) is 25.7 Å². The molecule has 5 unspecified atom stereocenters. The summed E-state index contributed by atoms with van der Waals surface area (Å²) in [4.78, 5) is 72.8. The second-order valence-corrected chi connectivity index (χ2v) is 28.8. The second-order valence-electron chi connectivity index (χ2n) is 25.9. The zero-order chi connectivity index (χ0) is 71.8. The predicted octanol–water partition coefficient (Wildman–Crippen LogP) is 22.2. The van der Waals surface area contributed by atoms with Crippen LogP contribution in [0.1, 0.15) is 336 Å². The summed E-state index contributed by atoms with van der Waals surface area (Å²) in [5, 5.41) is 10.6. The van der Waals surface area contributed by atoms with Gasteiger partial charge < -0.3 is 33.8 Å². The first-order valence-electron chi connectivity index (χ1n) is 38.8. The summed E-state index contributed by atoms with van der Waals surface area (Å²) in [6, 6.07) is 0. The Bertz CT molecular complexity index is 2190. The first-order chi connectivity index (χ1) is 47.7. The highest BCUT2D eigenvalue weighted by atomic mass is 31.2. The highest BCUT2D eigenvalue weighted by molar-refractivity contribution is 7.47. The van der Waals surface area contributed by atoms with Crippen LogP contribution in [0.3, 0.4) is 0 Å². The van der Waals surface area contributed by atoms with E-state index in [0.717, 1.165) is 161 Å². The number of allylic oxidation sites excluding steroid dienone is 14. The standard InChI is InChI=1S/C79H140O17P2/c1-5-9-13-17-21-25-29-32-34-36-38-41-45-48-52-56-60-64-77(82)90-70-75(96-79(84)66-62-58-54-50-46-42-39-37-35-33-30-26-22-18-14-10-6-2)72-94-98(87,88)92-68-73(80)67-91-97(85,86)93-71-74(95-78(83)65-61-57-53-49-43-28-24-20-16-12-8-4)69-89-76(81)63-59-55-51-47-44-40-31-27-23-19-15-11-7-3/h9-10,13-14,21-22,25-26,32-35,38,41,73-75,80H,5-8,11-12,15-20,23-24,27-31,36-37,39-40,42-72H2,1-4H3,(H,85,86)(H,87,88)/b13-9-,14-10-,25-21-,26-22-,34-32-,35-33-,41-38-. The molecular formula is C79H140O17P2. The third-order valence-corrected chi connectivity index (χ3v) is 18.3. The maximum Gasteiger partial charge on any atom is 0.472 e. The smallest absolute Gasteiger partial charge is 0.462 e. The van der Waals surface area contributed by atoms with Gasteiger partial charge in [0.1, 0.15) is 19.3 Å². The molecule has 0 radical (unpaired) electrons. The molecule has 5 atom stereocenters. The van der Waals surface area contributed by atoms with Gasteiger partial charge in [-0.15, -0.1) is 0 Å². The summed E-state index contributed by atoms with van der Waals surface area (Å²) in [5.41, 5.74) is 0. The van der Waals surface area contributed by atoms with Crippen LogP contribution in [-0.2, 0) is 65.4 Å². The lowest BCUT2D eigenvalue weighted by atomic mass is 10.0. The lowest BCUT2D eigenvalue weighted by molar-refractivity contribution is -0.161. The number of ether oxygens (including phenoxy) is 4. The third kappa shape index (κ3) is 70.7. The van der Waals surface area contributed by atoms with Gasteiger partial charge in [0.2, 0.25) is 0 Å². The summed E-state index contributed by atoms with van der Waals surface area (Å²) in [6.45, 7) is 4.65. The molecule has 0 saturated carbocycles. The van der Waals surface area contributed by atoms with Gasteiger partial charge in [-0.3, -0.25) is 37.3 Å². The number of rotatable bonds is 73. The van der Waals surface area contributed by atoms with Crippen LogP contribution < -0.4 is 0 Å². The van der Waals surface area contributed by atoms with Crippen molar-refractivity contribution in [1.82, 2.24) is 0 Å². The molecule has 0 aliphatic carbocycles. The van der Waals surface area contributed by atoms with Gasteiger partial charge in [0.15, 0.2) is 12.2 Å². The zero-order valence-electron chi connectivity index (χ0n) is 62.0. The van der Waals surface area contributed by atoms with E-state index in [1.165, 1.54) is 96.3 Å². The van der Waals surface area contributed by atoms with Crippen molar-refractivity contribution in [2.75, 3.05) is 39.6 Å². The van der Waals surface area contributed by atoms with Crippen LogP contribution in [0.4, 0.5) is 0 Å². The minimum atomic E-state index is -4.98. The van der Waals surface area contributed by atoms with E-state index >= 15 is 0 Å². The van der Waals surface area contributed by atoms with E-state index in [9.17, 15) is 43.2 Å². The quantitative estimate of drug-likeness (QED) is 0.0169. The first-order valence-corrected chi connectivity index (χ1v) is 41.8. The number of aliphatic hydroxyl groups is 1. The molecule has 0 bridgehead atoms. The molecule has 98 heavy (non-hydrogen) atoms. The van der Waals surface area contributed by atoms with Crippen molar-refractivity contribution in [3.05, 3.63) is 85.1 Å². The minimum Gasteiger partial charge on any atom is -0.462 e. The molecule has 0 aromatic carbocycles. The Hall–Kier alpha value is -3.76. The molecule has 0 aliphatic rings. The molecule has 0 saturated heterocycles. The monoisotopic (exact) mass is 1420 g/mol. The Labute approximate surface area is 595 Å². The second kappa shape index (κ2) is 71.6. The molecule has 19 heteroatoms. The number of hydrogen-bond donors (Lipinski definition) is 3. The fraction of sp³-hybridized carbons (Fsp3) is 0.772. The van der Waals surface area contributed by atoms with Crippen molar-refractivity contribution in [2.24, 2.45) is 0 Å². The van der Waals surface area contributed by atoms with Gasteiger partial charge in [0.25, 0.3) is 0 Å². The van der Waals surface area contributed by atoms with E-state index in [4.69, 9.17) is 37.0 Å². The molecule has 0 aromatic heterocycles. The Kier molecular flexibility index (Phi) is 68.9. The molecule has 0 aromatic rings. The fourth-order valence-corrected chi connectivity index (χ4v) is 12.1. The van der Waals surface area contributed by atoms with Crippen molar-refractivity contribution in [3.8, 4) is 0 Å². The lowest BCUT2D eigenvalue weighted by Gasteiger charge is -2.21. The molecule has 17 nitrogen and oxygen atoms in total. The molecule has 0 aliphatic heterocycles. The Balaban J connectivity index is 5.34. The van der Waals surface area contributed by atoms with Gasteiger partial charge in [0.05, 0.1) is 26.4 Å². The van der Waals surface area contributed by atoms with Gasteiger partial charge in [-0.25, -0.2) is 9.13 Å². The Morgan fingerprint density at radius 1 is 0.296 bits per heavy atom. The van der Waals surface area contributed by atoms with Crippen molar-refractivity contribution in [1.29, 1.82) is 0 Å². The van der Waals surface area contributed by atoms with Crippen molar-refractivity contribution in [2.45, 2.75) is 354 Å². The number of aliphatic hydroxyl groups excluding tert-OH is 1. The summed E-state index contributed by atoms with van der Waals surface area (Å²) in [5.74, 6) is -2.19. The van der Waals surface area contributed by atoms with Crippen LogP contribution >= 0.6 is 15.6 Å². The van der Waals surface area contributed by atoms with Gasteiger partial charge in [-0.05, 0) is 96.3 Å². The van der Waals surface area contributed by atoms with Crippen molar-refractivity contribution >= 4 is 39.5 Å². The van der Waals surface area contributed by atoms with Crippen LogP contribution in [-0.4, -0.2) is 96.7 Å². The van der Waals surface area contributed by atoms with Crippen LogP contribution in [0.15, 0.2) is 85.1 Å². The highest BCUT2D eigenvalue weighted by Gasteiger charge is 2.30. The van der Waals surface area contributed by atoms with Crippen LogP contribution in [0, 0.1) is 0 Å². The van der Waals surface area contributed by atoms with E-state index < -0.39 is 97.5 Å². The number of unbranched alkanes of at least 4 members (excludes halogenated alkanes) is 33. The SMILES string of the molecule is CC/C=C\C/C=C\C/C=C\C/C=C\CCCCCCC(=O)OCC(COP(=O)(O)OCC(O)COP(=O)(O)OCC(COC(=O)CCCCCCCCCCCCCCC)OC(=O)CCCCCCCCCCCCC)OC(=O)CCCCCCCCC/C=C\C/C=C\C/C=C\CC. The highest BCUT2D eigenvalue weighted by Crippen LogP contribution is 2.45. The third-order valence-electron chi connectivity index (χ3n) is 16.4. The number of phosphoric ester groups is 2. The molecule has 0 rings (SSSR count). The minimum absolute atomic E-state index is 0.0791. The maximum absolute atomic E-state index is 13.1. The van der Waals surface area contributed by atoms with E-state index in [2.05, 4.69) is 113 Å². The Morgan fingerprint density at radius 3 is 0.816 bits per heavy atom. The van der Waals surface area contributed by atoms with Crippen LogP contribution in [0.5, 0.6) is 0 Å². The van der Waals surface area contributed by atoms with E-state index in [1.807, 2.05) is 0 Å². The summed E-state index contributed by atoms with van der Waals surface area (Å²) in [6.07, 6.45) is 72.8. The average Bonchev–Trinajstić information content (AvgIpc) is 0.980. The maximum atomic E-state index is 13.1. The number of hydrogen-bond acceptors (Lipinski definition) is 15. The fourth-order valence-electron chi connectivity index (χ4n) is 10.5. The van der Waals surface area contributed by atoms with Gasteiger partial charge in [0, 0.05) is 25.7 Å². The lowest BCUT2D eigenvalue weighted by Crippen LogP contribution is -2.30. The topological polar surface area (TPSA) is 237 Å². The van der Waals surface area contributed by atoms with Gasteiger partial charge >= 0.3 is 39.5 Å². The van der Waals surface area contributed by atoms with Crippen LogP contribution in [0.2, 0.25) is 0 Å². The summed E-state index contributed by atoms with van der Waals surface area (Å²) >= 11 is 0. The molecule has 0 heterocycles. The number of phosphoric acid groups is 2. The van der Waals surface area contributed by atoms with Gasteiger partial charge in [-0.1, -0.05) is 299 Å². The van der Waals surface area contributed by atoms with Crippen molar-refractivity contribution < 1.29 is 80.2 Å². The molecule has 0 fully saturated rings. The molecule has 3 N–H and O–H groups in total. The summed E-state index contributed by atoms with van der Waals surface area (Å²) < 4.78 is 68.5. The molecular weight excluding hydrogens is 1280 g/mol. The molecule has 0 spiro atoms. The number of carbonyl (C=O) groups is 4. The van der Waals surface area contributed by atoms with Crippen molar-refractivity contribution in [3.63, 3.8) is 0 Å². The normalized spacial score (nSPS) is 14.4. The summed E-state index contributed by atoms with van der Waals surface area (Å²) in [7, 11) is -9.94.